The molecular formula is C24H26ClN5OS3. The predicted molar refractivity (Wildman–Crippen MR) is 148 cm³/mol. The number of hydrogen-bond donors (Lipinski definition) is 1. The van der Waals surface area contributed by atoms with Gasteiger partial charge in [0.2, 0.25) is 4.77 Å². The summed E-state index contributed by atoms with van der Waals surface area (Å²) in [5.41, 5.74) is 4.27. The molecule has 6 nitrogen and oxygen atoms in total. The van der Waals surface area contributed by atoms with Gasteiger partial charge in [0.1, 0.15) is 16.1 Å². The Kier molecular flexibility index (Phi) is 7.69. The van der Waals surface area contributed by atoms with Gasteiger partial charge < -0.3 is 14.6 Å². The molecule has 0 aliphatic rings. The van der Waals surface area contributed by atoms with Crippen LogP contribution < -0.4 is 4.74 Å². The number of thiazole rings is 1. The van der Waals surface area contributed by atoms with E-state index in [2.05, 4.69) is 30.7 Å². The molecule has 0 unspecified atom stereocenters. The van der Waals surface area contributed by atoms with Crippen molar-refractivity contribution in [3.05, 3.63) is 56.2 Å². The summed E-state index contributed by atoms with van der Waals surface area (Å²) >= 11 is 19.0. The van der Waals surface area contributed by atoms with Gasteiger partial charge in [-0.05, 0) is 74.4 Å². The van der Waals surface area contributed by atoms with Crippen LogP contribution in [-0.2, 0) is 0 Å². The highest BCUT2D eigenvalue weighted by Crippen LogP contribution is 2.34. The van der Waals surface area contributed by atoms with Crippen molar-refractivity contribution < 1.29 is 4.74 Å². The summed E-state index contributed by atoms with van der Waals surface area (Å²) < 4.78 is 11.3. The molecule has 0 saturated carbocycles. The van der Waals surface area contributed by atoms with Gasteiger partial charge in [0.15, 0.2) is 9.60 Å². The summed E-state index contributed by atoms with van der Waals surface area (Å²) in [4.78, 5) is 10.5. The number of benzene rings is 2. The first-order chi connectivity index (χ1) is 16.4. The van der Waals surface area contributed by atoms with E-state index in [9.17, 15) is 0 Å². The van der Waals surface area contributed by atoms with Gasteiger partial charge in [-0.3, -0.25) is 8.97 Å². The molecule has 0 saturated heterocycles. The molecule has 0 fully saturated rings. The molecule has 3 aromatic heterocycles. The number of H-pyrrole nitrogens is 1. The number of nitrogens with zero attached hydrogens (tertiary/aromatic N) is 4. The number of aromatic amines is 1. The molecule has 178 valence electrons. The van der Waals surface area contributed by atoms with Crippen LogP contribution in [-0.4, -0.2) is 50.6 Å². The summed E-state index contributed by atoms with van der Waals surface area (Å²) in [6.45, 7) is 10.1. The van der Waals surface area contributed by atoms with Crippen LogP contribution in [0.5, 0.6) is 5.75 Å². The summed E-state index contributed by atoms with van der Waals surface area (Å²) in [7, 11) is 1.61. The lowest BCUT2D eigenvalue weighted by Crippen LogP contribution is -2.21. The van der Waals surface area contributed by atoms with E-state index in [1.807, 2.05) is 45.4 Å². The number of fused-ring (bicyclic) bond motifs is 5. The Labute approximate surface area is 217 Å². The van der Waals surface area contributed by atoms with Gasteiger partial charge in [0.05, 0.1) is 23.8 Å². The first-order valence-corrected chi connectivity index (χ1v) is 13.1. The van der Waals surface area contributed by atoms with Crippen LogP contribution in [0.2, 0.25) is 5.02 Å². The third-order valence-corrected chi connectivity index (χ3v) is 7.62. The Balaban J connectivity index is 0.000000344. The van der Waals surface area contributed by atoms with E-state index in [1.165, 1.54) is 31.0 Å². The molecule has 3 heterocycles. The van der Waals surface area contributed by atoms with Crippen molar-refractivity contribution in [1.82, 2.24) is 23.8 Å². The molecule has 0 bridgehead atoms. The SMILES string of the molecule is CCN(CC)CC.COc1ccc(Cl)cc1-n1c(=S)sc2c1nc(=S)n1c3ccccc3[nH]c21. The van der Waals surface area contributed by atoms with Gasteiger partial charge >= 0.3 is 0 Å². The monoisotopic (exact) mass is 531 g/mol. The largest absolute Gasteiger partial charge is 0.495 e. The number of hydrogen-bond acceptors (Lipinski definition) is 6. The van der Waals surface area contributed by atoms with E-state index in [4.69, 9.17) is 45.8 Å². The lowest BCUT2D eigenvalue weighted by molar-refractivity contribution is 0.321. The van der Waals surface area contributed by atoms with E-state index in [1.54, 1.807) is 13.2 Å². The zero-order valence-electron chi connectivity index (χ0n) is 19.5. The van der Waals surface area contributed by atoms with Crippen molar-refractivity contribution in [2.45, 2.75) is 20.8 Å². The average Bonchev–Trinajstić information content (AvgIpc) is 3.38. The molecular weight excluding hydrogens is 506 g/mol. The Morgan fingerprint density at radius 2 is 1.79 bits per heavy atom. The molecule has 0 aliphatic heterocycles. The van der Waals surface area contributed by atoms with E-state index >= 15 is 0 Å². The molecule has 0 aliphatic carbocycles. The number of para-hydroxylation sites is 2. The zero-order valence-corrected chi connectivity index (χ0v) is 22.7. The van der Waals surface area contributed by atoms with Gasteiger partial charge in [-0.15, -0.1) is 0 Å². The van der Waals surface area contributed by atoms with Crippen molar-refractivity contribution in [2.75, 3.05) is 26.7 Å². The van der Waals surface area contributed by atoms with Crippen molar-refractivity contribution in [2.24, 2.45) is 0 Å². The highest BCUT2D eigenvalue weighted by Gasteiger charge is 2.18. The molecule has 0 radical (unpaired) electrons. The van der Waals surface area contributed by atoms with Gasteiger partial charge in [0.25, 0.3) is 0 Å². The number of ether oxygens (including phenoxy) is 1. The molecule has 0 amide bonds. The lowest BCUT2D eigenvalue weighted by atomic mass is 10.3. The zero-order chi connectivity index (χ0) is 24.4. The minimum absolute atomic E-state index is 0.456. The van der Waals surface area contributed by atoms with E-state index in [-0.39, 0.29) is 0 Å². The van der Waals surface area contributed by atoms with Gasteiger partial charge in [0, 0.05) is 5.02 Å². The first kappa shape index (κ1) is 24.8. The maximum absolute atomic E-state index is 6.22. The molecule has 10 heteroatoms. The molecule has 5 aromatic rings. The van der Waals surface area contributed by atoms with Crippen LogP contribution in [0.25, 0.3) is 32.7 Å². The molecule has 34 heavy (non-hydrogen) atoms. The van der Waals surface area contributed by atoms with Crippen molar-refractivity contribution in [3.8, 4) is 11.4 Å². The fourth-order valence-electron chi connectivity index (χ4n) is 3.92. The van der Waals surface area contributed by atoms with Crippen LogP contribution in [0.4, 0.5) is 0 Å². The Hall–Kier alpha value is -2.30. The number of halogens is 1. The topological polar surface area (TPSA) is 50.5 Å². The second-order valence-corrected chi connectivity index (χ2v) is 9.96. The fourth-order valence-corrected chi connectivity index (χ4v) is 5.71. The highest BCUT2D eigenvalue weighted by molar-refractivity contribution is 7.73. The Bertz CT molecular complexity index is 1570. The maximum atomic E-state index is 6.22. The lowest BCUT2D eigenvalue weighted by Gasteiger charge is -2.13. The maximum Gasteiger partial charge on any atom is 0.207 e. The van der Waals surface area contributed by atoms with E-state index in [0.29, 0.717) is 25.1 Å². The average molecular weight is 532 g/mol. The third-order valence-electron chi connectivity index (χ3n) is 5.74. The second kappa shape index (κ2) is 10.5. The van der Waals surface area contributed by atoms with Gasteiger partial charge in [-0.25, -0.2) is 0 Å². The van der Waals surface area contributed by atoms with Crippen molar-refractivity contribution >= 4 is 74.4 Å². The van der Waals surface area contributed by atoms with Crippen LogP contribution in [0.1, 0.15) is 20.8 Å². The molecule has 0 spiro atoms. The molecule has 2 aromatic carbocycles. The standard InChI is InChI=1S/C18H11ClN4OS3.C6H15N/c1-24-13-7-6-9(19)8-12(13)23-16-14(27-18(23)26)15-20-10-4-2-3-5-11(10)22(15)17(25)21-16;1-4-7(5-2)6-3/h2-8,20H,1H3;4-6H2,1-3H3. The van der Waals surface area contributed by atoms with Crippen LogP contribution in [0, 0.1) is 8.73 Å². The number of rotatable bonds is 5. The summed E-state index contributed by atoms with van der Waals surface area (Å²) in [5, 5.41) is 0.590. The number of aromatic nitrogens is 4. The number of imidazole rings is 1. The van der Waals surface area contributed by atoms with Crippen molar-refractivity contribution in [1.29, 1.82) is 0 Å². The second-order valence-electron chi connectivity index (χ2n) is 7.51. The minimum atomic E-state index is 0.456. The number of methoxy groups -OCH3 is 1. The fraction of sp³-hybridized carbons (Fsp3) is 0.292. The predicted octanol–water partition coefficient (Wildman–Crippen LogP) is 7.29. The highest BCUT2D eigenvalue weighted by atomic mass is 35.5. The van der Waals surface area contributed by atoms with Crippen LogP contribution in [0.3, 0.4) is 0 Å². The summed E-state index contributed by atoms with van der Waals surface area (Å²) in [5.74, 6) is 0.660. The number of nitrogens with one attached hydrogen (secondary N) is 1. The van der Waals surface area contributed by atoms with Gasteiger partial charge in [-0.1, -0.05) is 55.8 Å². The molecule has 0 atom stereocenters. The molecule has 5 rings (SSSR count). The normalized spacial score (nSPS) is 11.4. The minimum Gasteiger partial charge on any atom is -0.495 e. The van der Waals surface area contributed by atoms with Crippen molar-refractivity contribution in [3.63, 3.8) is 0 Å². The quantitative estimate of drug-likeness (QED) is 0.241. The Morgan fingerprint density at radius 3 is 2.44 bits per heavy atom. The first-order valence-electron chi connectivity index (χ1n) is 11.0. The smallest absolute Gasteiger partial charge is 0.207 e. The van der Waals surface area contributed by atoms with E-state index < -0.39 is 0 Å². The van der Waals surface area contributed by atoms with Gasteiger partial charge in [-0.2, -0.15) is 4.98 Å². The summed E-state index contributed by atoms with van der Waals surface area (Å²) in [6.07, 6.45) is 0. The van der Waals surface area contributed by atoms with Crippen LogP contribution in [0.15, 0.2) is 42.5 Å². The van der Waals surface area contributed by atoms with Crippen LogP contribution >= 0.6 is 47.4 Å². The Morgan fingerprint density at radius 1 is 1.09 bits per heavy atom. The third kappa shape index (κ3) is 4.50. The van der Waals surface area contributed by atoms with E-state index in [0.717, 1.165) is 27.1 Å². The summed E-state index contributed by atoms with van der Waals surface area (Å²) in [6, 6.07) is 13.4. The molecule has 1 N–H and O–H groups in total.